The van der Waals surface area contributed by atoms with Gasteiger partial charge >= 0.3 is 0 Å². The number of benzene rings is 6. The van der Waals surface area contributed by atoms with Gasteiger partial charge in [-0.1, -0.05) is 91.0 Å². The minimum Gasteiger partial charge on any atom is -0.464 e. The number of rotatable bonds is 4. The third-order valence-electron chi connectivity index (χ3n) is 8.88. The van der Waals surface area contributed by atoms with Crippen LogP contribution in [0, 0.1) is 0 Å². The molecule has 4 nitrogen and oxygen atoms in total. The van der Waals surface area contributed by atoms with Gasteiger partial charge in [0.25, 0.3) is 0 Å². The van der Waals surface area contributed by atoms with Gasteiger partial charge in [-0.25, -0.2) is 0 Å². The van der Waals surface area contributed by atoms with Gasteiger partial charge in [0.1, 0.15) is 17.2 Å². The van der Waals surface area contributed by atoms with E-state index < -0.39 is 0 Å². The molecule has 0 spiro atoms. The highest BCUT2D eigenvalue weighted by molar-refractivity contribution is 6.32. The molecule has 0 N–H and O–H groups in total. The molecule has 224 valence electrons. The predicted molar refractivity (Wildman–Crippen MR) is 195 cm³/mol. The van der Waals surface area contributed by atoms with Crippen molar-refractivity contribution in [3.63, 3.8) is 0 Å². The fourth-order valence-electron chi connectivity index (χ4n) is 6.85. The van der Waals surface area contributed by atoms with E-state index in [1.807, 2.05) is 48.6 Å². The Morgan fingerprint density at radius 1 is 0.574 bits per heavy atom. The highest BCUT2D eigenvalue weighted by Gasteiger charge is 2.21. The van der Waals surface area contributed by atoms with Crippen LogP contribution in [0.25, 0.3) is 60.6 Å². The second-order valence-corrected chi connectivity index (χ2v) is 12.0. The number of nitrogens with zero attached hydrogens (tertiary/aromatic N) is 2. The van der Waals surface area contributed by atoms with Gasteiger partial charge < -0.3 is 18.6 Å². The third kappa shape index (κ3) is 4.30. The fraction of sp³-hybridized carbons (Fsp3) is 0. The summed E-state index contributed by atoms with van der Waals surface area (Å²) < 4.78 is 17.4. The van der Waals surface area contributed by atoms with Crippen LogP contribution in [0.5, 0.6) is 17.2 Å². The summed E-state index contributed by atoms with van der Waals surface area (Å²) in [6, 6.07) is 43.5. The van der Waals surface area contributed by atoms with Crippen LogP contribution in [0.15, 0.2) is 158 Å². The Kier molecular flexibility index (Phi) is 6.30. The number of hydrogen-bond donors (Lipinski definition) is 0. The monoisotopic (exact) mass is 626 g/mol. The SMILES string of the molecule is C=C1/C=C\C=C/Oc2c1ccc1c2c2ccccc2n1-c1ccc(Oc2cccc3c2c2ccccc2n3-c2ccccc2)c(Cl)c1. The summed E-state index contributed by atoms with van der Waals surface area (Å²) in [5, 5.41) is 4.78. The first-order valence-corrected chi connectivity index (χ1v) is 15.9. The number of fused-ring (bicyclic) bond motifs is 8. The second-order valence-electron chi connectivity index (χ2n) is 11.6. The zero-order chi connectivity index (χ0) is 31.5. The maximum atomic E-state index is 7.05. The molecule has 0 saturated heterocycles. The summed E-state index contributed by atoms with van der Waals surface area (Å²) in [4.78, 5) is 0. The Labute approximate surface area is 276 Å². The van der Waals surface area contributed by atoms with Crippen LogP contribution in [0.4, 0.5) is 0 Å². The van der Waals surface area contributed by atoms with E-state index in [0.29, 0.717) is 10.8 Å². The van der Waals surface area contributed by atoms with Gasteiger partial charge in [-0.2, -0.15) is 0 Å². The fourth-order valence-corrected chi connectivity index (χ4v) is 7.07. The molecule has 9 rings (SSSR count). The number of ether oxygens (including phenoxy) is 2. The summed E-state index contributed by atoms with van der Waals surface area (Å²) in [6.45, 7) is 4.28. The van der Waals surface area contributed by atoms with Crippen molar-refractivity contribution in [2.45, 2.75) is 0 Å². The summed E-state index contributed by atoms with van der Waals surface area (Å²) in [7, 11) is 0. The molecule has 1 aliphatic rings. The van der Waals surface area contributed by atoms with Crippen molar-refractivity contribution < 1.29 is 9.47 Å². The van der Waals surface area contributed by atoms with E-state index in [4.69, 9.17) is 21.1 Å². The highest BCUT2D eigenvalue weighted by atomic mass is 35.5. The Hall–Kier alpha value is -5.97. The largest absolute Gasteiger partial charge is 0.464 e. The van der Waals surface area contributed by atoms with Gasteiger partial charge in [-0.3, -0.25) is 0 Å². The number of para-hydroxylation sites is 3. The Balaban J connectivity index is 1.18. The zero-order valence-electron chi connectivity index (χ0n) is 25.2. The Bertz CT molecular complexity index is 2610. The van der Waals surface area contributed by atoms with E-state index in [9.17, 15) is 0 Å². The lowest BCUT2D eigenvalue weighted by Crippen LogP contribution is -1.96. The van der Waals surface area contributed by atoms with Crippen molar-refractivity contribution in [3.8, 4) is 28.6 Å². The molecular formula is C42H27ClN2O2. The molecule has 0 unspecified atom stereocenters. The molecule has 0 fully saturated rings. The molecule has 47 heavy (non-hydrogen) atoms. The first-order chi connectivity index (χ1) is 23.2. The average molecular weight is 627 g/mol. The zero-order valence-corrected chi connectivity index (χ0v) is 26.0. The lowest BCUT2D eigenvalue weighted by atomic mass is 10.0. The molecule has 5 heteroatoms. The molecule has 2 aromatic heterocycles. The highest BCUT2D eigenvalue weighted by Crippen LogP contribution is 2.44. The van der Waals surface area contributed by atoms with E-state index in [1.54, 1.807) is 6.26 Å². The molecule has 1 aliphatic heterocycles. The van der Waals surface area contributed by atoms with Crippen LogP contribution in [0.3, 0.4) is 0 Å². The number of aromatic nitrogens is 2. The second kappa shape index (κ2) is 10.8. The molecule has 0 bridgehead atoms. The van der Waals surface area contributed by atoms with Gasteiger partial charge in [-0.05, 0) is 78.4 Å². The normalized spacial score (nSPS) is 14.2. The quantitative estimate of drug-likeness (QED) is 0.194. The van der Waals surface area contributed by atoms with Crippen LogP contribution in [0.2, 0.25) is 5.02 Å². The molecule has 0 amide bonds. The van der Waals surface area contributed by atoms with E-state index in [2.05, 4.69) is 113 Å². The van der Waals surface area contributed by atoms with E-state index in [-0.39, 0.29) is 0 Å². The van der Waals surface area contributed by atoms with Gasteiger partial charge in [0.05, 0.1) is 44.1 Å². The van der Waals surface area contributed by atoms with Crippen LogP contribution >= 0.6 is 11.6 Å². The predicted octanol–water partition coefficient (Wildman–Crippen LogP) is 11.8. The Morgan fingerprint density at radius 2 is 1.26 bits per heavy atom. The molecule has 8 aromatic rings. The lowest BCUT2D eigenvalue weighted by Gasteiger charge is -2.14. The van der Waals surface area contributed by atoms with Crippen molar-refractivity contribution in [2.75, 3.05) is 0 Å². The van der Waals surface area contributed by atoms with Crippen molar-refractivity contribution in [3.05, 3.63) is 169 Å². The minimum atomic E-state index is 0.515. The first kappa shape index (κ1) is 27.3. The van der Waals surface area contributed by atoms with Crippen molar-refractivity contribution in [2.24, 2.45) is 0 Å². The number of halogens is 1. The van der Waals surface area contributed by atoms with Crippen molar-refractivity contribution >= 4 is 60.8 Å². The van der Waals surface area contributed by atoms with E-state index in [0.717, 1.165) is 77.6 Å². The van der Waals surface area contributed by atoms with Gasteiger partial charge in [0.15, 0.2) is 0 Å². The standard InChI is InChI=1S/C42H27ClN2O2/c1-27-12-9-10-25-46-42-30(27)22-23-37-41(42)32-16-6-8-18-35(32)45(37)29-21-24-38(33(43)26-29)47-39-20-11-19-36-40(39)31-15-5-7-17-34(31)44(36)28-13-3-2-4-14-28/h2-26H,1H2/b12-9-,25-10-. The average Bonchev–Trinajstić information content (AvgIpc) is 3.62. The maximum absolute atomic E-state index is 7.05. The number of allylic oxidation sites excluding steroid dienone is 4. The molecule has 0 atom stereocenters. The molecule has 3 heterocycles. The first-order valence-electron chi connectivity index (χ1n) is 15.5. The summed E-state index contributed by atoms with van der Waals surface area (Å²) >= 11 is 7.05. The lowest BCUT2D eigenvalue weighted by molar-refractivity contribution is 0.485. The number of hydrogen-bond acceptors (Lipinski definition) is 2. The molecule has 0 radical (unpaired) electrons. The third-order valence-corrected chi connectivity index (χ3v) is 9.17. The maximum Gasteiger partial charge on any atom is 0.146 e. The van der Waals surface area contributed by atoms with Crippen LogP contribution in [-0.4, -0.2) is 9.13 Å². The molecule has 6 aromatic carbocycles. The molecule has 0 saturated carbocycles. The van der Waals surface area contributed by atoms with Gasteiger partial charge in [0, 0.05) is 27.7 Å². The van der Waals surface area contributed by atoms with Crippen molar-refractivity contribution in [1.29, 1.82) is 0 Å². The molecular weight excluding hydrogens is 600 g/mol. The topological polar surface area (TPSA) is 28.3 Å². The van der Waals surface area contributed by atoms with E-state index >= 15 is 0 Å². The smallest absolute Gasteiger partial charge is 0.146 e. The van der Waals surface area contributed by atoms with Crippen LogP contribution in [-0.2, 0) is 0 Å². The van der Waals surface area contributed by atoms with Crippen molar-refractivity contribution in [1.82, 2.24) is 9.13 Å². The van der Waals surface area contributed by atoms with E-state index in [1.165, 1.54) is 0 Å². The summed E-state index contributed by atoms with van der Waals surface area (Å²) in [5.41, 5.74) is 8.13. The minimum absolute atomic E-state index is 0.515. The summed E-state index contributed by atoms with van der Waals surface area (Å²) in [6.07, 6.45) is 7.53. The Morgan fingerprint density at radius 3 is 2.04 bits per heavy atom. The van der Waals surface area contributed by atoms with Gasteiger partial charge in [0.2, 0.25) is 0 Å². The summed E-state index contributed by atoms with van der Waals surface area (Å²) in [5.74, 6) is 2.12. The van der Waals surface area contributed by atoms with Crippen LogP contribution < -0.4 is 9.47 Å². The molecule has 0 aliphatic carbocycles. The van der Waals surface area contributed by atoms with Crippen LogP contribution in [0.1, 0.15) is 5.56 Å². The van der Waals surface area contributed by atoms with Gasteiger partial charge in [-0.15, -0.1) is 0 Å².